The van der Waals surface area contributed by atoms with Gasteiger partial charge in [0.05, 0.1) is 19.1 Å². The first-order valence-corrected chi connectivity index (χ1v) is 4.85. The number of hydrogen-bond donors (Lipinski definition) is 1. The number of carbonyl (C=O) groups excluding carboxylic acids is 1. The fourth-order valence-corrected chi connectivity index (χ4v) is 1.60. The summed E-state index contributed by atoms with van der Waals surface area (Å²) in [6.45, 7) is 3.02. The highest BCUT2D eigenvalue weighted by Gasteiger charge is 2.28. The summed E-state index contributed by atoms with van der Waals surface area (Å²) in [5.41, 5.74) is 0. The lowest BCUT2D eigenvalue weighted by molar-refractivity contribution is -0.177. The van der Waals surface area contributed by atoms with E-state index in [1.165, 1.54) is 0 Å². The summed E-state index contributed by atoms with van der Waals surface area (Å²) in [5, 5.41) is 3.22. The van der Waals surface area contributed by atoms with Gasteiger partial charge in [-0.25, -0.2) is 0 Å². The van der Waals surface area contributed by atoms with Crippen LogP contribution in [0.2, 0.25) is 0 Å². The summed E-state index contributed by atoms with van der Waals surface area (Å²) in [6, 6.07) is 0. The number of rotatable bonds is 2. The van der Waals surface area contributed by atoms with Crippen molar-refractivity contribution in [3.63, 3.8) is 0 Å². The van der Waals surface area contributed by atoms with Crippen LogP contribution < -0.4 is 5.32 Å². The standard InChI is InChI=1S/C9H15NO3/c11-9(13-8-5-12-6-8)7-1-3-10-4-2-7/h7-8,10H,1-6H2. The molecule has 13 heavy (non-hydrogen) atoms. The molecule has 0 aromatic rings. The molecule has 0 bridgehead atoms. The smallest absolute Gasteiger partial charge is 0.309 e. The molecule has 0 aliphatic carbocycles. The first kappa shape index (κ1) is 8.97. The largest absolute Gasteiger partial charge is 0.457 e. The molecule has 2 fully saturated rings. The molecule has 4 nitrogen and oxygen atoms in total. The zero-order valence-corrected chi connectivity index (χ0v) is 7.62. The van der Waals surface area contributed by atoms with E-state index in [0.717, 1.165) is 25.9 Å². The first-order chi connectivity index (χ1) is 6.36. The van der Waals surface area contributed by atoms with E-state index >= 15 is 0 Å². The monoisotopic (exact) mass is 185 g/mol. The minimum absolute atomic E-state index is 0.0300. The van der Waals surface area contributed by atoms with Gasteiger partial charge in [-0.1, -0.05) is 0 Å². The van der Waals surface area contributed by atoms with E-state index in [9.17, 15) is 4.79 Å². The predicted octanol–water partition coefficient (Wildman–Crippen LogP) is -0.0720. The van der Waals surface area contributed by atoms with Crippen molar-refractivity contribution in [3.05, 3.63) is 0 Å². The third kappa shape index (κ3) is 2.19. The normalized spacial score (nSPS) is 25.2. The Kier molecular flexibility index (Phi) is 2.80. The minimum atomic E-state index is -0.0326. The van der Waals surface area contributed by atoms with Crippen LogP contribution >= 0.6 is 0 Å². The molecule has 0 atom stereocenters. The Morgan fingerprint density at radius 3 is 2.54 bits per heavy atom. The second-order valence-corrected chi connectivity index (χ2v) is 3.62. The van der Waals surface area contributed by atoms with E-state index in [2.05, 4.69) is 5.32 Å². The van der Waals surface area contributed by atoms with Crippen molar-refractivity contribution in [2.24, 2.45) is 5.92 Å². The zero-order valence-electron chi connectivity index (χ0n) is 7.62. The number of nitrogens with one attached hydrogen (secondary N) is 1. The average molecular weight is 185 g/mol. The quantitative estimate of drug-likeness (QED) is 0.612. The van der Waals surface area contributed by atoms with Crippen molar-refractivity contribution in [2.45, 2.75) is 18.9 Å². The molecular weight excluding hydrogens is 170 g/mol. The van der Waals surface area contributed by atoms with Gasteiger partial charge in [0, 0.05) is 0 Å². The molecule has 2 aliphatic heterocycles. The van der Waals surface area contributed by atoms with Gasteiger partial charge in [-0.2, -0.15) is 0 Å². The van der Waals surface area contributed by atoms with Crippen LogP contribution in [0.3, 0.4) is 0 Å². The maximum atomic E-state index is 11.5. The van der Waals surface area contributed by atoms with E-state index in [1.54, 1.807) is 0 Å². The van der Waals surface area contributed by atoms with Gasteiger partial charge in [0.15, 0.2) is 0 Å². The lowest BCUT2D eigenvalue weighted by atomic mass is 9.98. The summed E-state index contributed by atoms with van der Waals surface area (Å²) < 4.78 is 10.2. The Balaban J connectivity index is 1.74. The molecule has 0 aromatic heterocycles. The molecule has 0 aromatic carbocycles. The SMILES string of the molecule is O=C(OC1COC1)C1CCNCC1. The van der Waals surface area contributed by atoms with Crippen molar-refractivity contribution in [2.75, 3.05) is 26.3 Å². The Morgan fingerprint density at radius 2 is 2.00 bits per heavy atom. The number of carbonyl (C=O) groups is 1. The highest BCUT2D eigenvalue weighted by atomic mass is 16.6. The van der Waals surface area contributed by atoms with Crippen LogP contribution in [-0.4, -0.2) is 38.4 Å². The Labute approximate surface area is 77.6 Å². The molecule has 0 spiro atoms. The molecule has 2 rings (SSSR count). The van der Waals surface area contributed by atoms with Crippen LogP contribution in [0.25, 0.3) is 0 Å². The molecule has 0 saturated carbocycles. The molecule has 0 radical (unpaired) electrons. The number of hydrogen-bond acceptors (Lipinski definition) is 4. The van der Waals surface area contributed by atoms with E-state index in [1.807, 2.05) is 0 Å². The van der Waals surface area contributed by atoms with Gasteiger partial charge in [0.2, 0.25) is 0 Å². The minimum Gasteiger partial charge on any atom is -0.457 e. The van der Waals surface area contributed by atoms with Gasteiger partial charge in [0.25, 0.3) is 0 Å². The van der Waals surface area contributed by atoms with E-state index < -0.39 is 0 Å². The molecule has 4 heteroatoms. The lowest BCUT2D eigenvalue weighted by Crippen LogP contribution is -2.41. The number of piperidine rings is 1. The Morgan fingerprint density at radius 1 is 1.31 bits per heavy atom. The average Bonchev–Trinajstić information content (AvgIpc) is 2.12. The highest BCUT2D eigenvalue weighted by molar-refractivity contribution is 5.72. The van der Waals surface area contributed by atoms with E-state index in [-0.39, 0.29) is 18.0 Å². The fourth-order valence-electron chi connectivity index (χ4n) is 1.60. The van der Waals surface area contributed by atoms with Crippen LogP contribution in [0.1, 0.15) is 12.8 Å². The van der Waals surface area contributed by atoms with E-state index in [4.69, 9.17) is 9.47 Å². The summed E-state index contributed by atoms with van der Waals surface area (Å²) in [6.07, 6.45) is 1.85. The Bertz CT molecular complexity index is 185. The van der Waals surface area contributed by atoms with E-state index in [0.29, 0.717) is 13.2 Å². The van der Waals surface area contributed by atoms with Gasteiger partial charge in [-0.15, -0.1) is 0 Å². The van der Waals surface area contributed by atoms with Crippen LogP contribution in [0.5, 0.6) is 0 Å². The molecule has 0 amide bonds. The third-order valence-electron chi connectivity index (χ3n) is 2.56. The second kappa shape index (κ2) is 4.07. The molecule has 1 N–H and O–H groups in total. The predicted molar refractivity (Wildman–Crippen MR) is 46.3 cm³/mol. The van der Waals surface area contributed by atoms with Gasteiger partial charge in [0.1, 0.15) is 6.10 Å². The van der Waals surface area contributed by atoms with Gasteiger partial charge in [-0.3, -0.25) is 4.79 Å². The summed E-state index contributed by atoms with van der Waals surface area (Å²) in [4.78, 5) is 11.5. The van der Waals surface area contributed by atoms with Crippen molar-refractivity contribution in [1.82, 2.24) is 5.32 Å². The van der Waals surface area contributed by atoms with Crippen LogP contribution in [0.4, 0.5) is 0 Å². The maximum Gasteiger partial charge on any atom is 0.309 e. The van der Waals surface area contributed by atoms with Crippen molar-refractivity contribution < 1.29 is 14.3 Å². The van der Waals surface area contributed by atoms with Crippen LogP contribution in [-0.2, 0) is 14.3 Å². The zero-order chi connectivity index (χ0) is 9.10. The van der Waals surface area contributed by atoms with Crippen LogP contribution in [0.15, 0.2) is 0 Å². The van der Waals surface area contributed by atoms with Gasteiger partial charge in [-0.05, 0) is 25.9 Å². The van der Waals surface area contributed by atoms with Crippen molar-refractivity contribution in [3.8, 4) is 0 Å². The van der Waals surface area contributed by atoms with Crippen molar-refractivity contribution >= 4 is 5.97 Å². The number of ether oxygens (including phenoxy) is 2. The van der Waals surface area contributed by atoms with Gasteiger partial charge >= 0.3 is 5.97 Å². The van der Waals surface area contributed by atoms with Crippen molar-refractivity contribution in [1.29, 1.82) is 0 Å². The highest BCUT2D eigenvalue weighted by Crippen LogP contribution is 2.16. The fraction of sp³-hybridized carbons (Fsp3) is 0.889. The van der Waals surface area contributed by atoms with Gasteiger partial charge < -0.3 is 14.8 Å². The topological polar surface area (TPSA) is 47.6 Å². The summed E-state index contributed by atoms with van der Waals surface area (Å²) >= 11 is 0. The molecule has 2 saturated heterocycles. The summed E-state index contributed by atoms with van der Waals surface area (Å²) in [5.74, 6) is 0.0802. The second-order valence-electron chi connectivity index (χ2n) is 3.62. The maximum absolute atomic E-state index is 11.5. The molecule has 0 unspecified atom stereocenters. The first-order valence-electron chi connectivity index (χ1n) is 4.85. The third-order valence-corrected chi connectivity index (χ3v) is 2.56. The molecule has 2 aliphatic rings. The number of esters is 1. The lowest BCUT2D eigenvalue weighted by Gasteiger charge is -2.28. The Hall–Kier alpha value is -0.610. The molecule has 2 heterocycles. The molecule has 74 valence electrons. The summed E-state index contributed by atoms with van der Waals surface area (Å²) in [7, 11) is 0. The van der Waals surface area contributed by atoms with Crippen LogP contribution in [0, 0.1) is 5.92 Å². The molecular formula is C9H15NO3.